The van der Waals surface area contributed by atoms with Crippen LogP contribution in [0.25, 0.3) is 0 Å². The highest BCUT2D eigenvalue weighted by Gasteiger charge is 2.11. The fraction of sp³-hybridized carbons (Fsp3) is 0.214. The number of anilines is 2. The molecule has 18 heavy (non-hydrogen) atoms. The molecular weight excluding hydrogens is 229 g/mol. The second kappa shape index (κ2) is 5.14. The van der Waals surface area contributed by atoms with Gasteiger partial charge in [0.1, 0.15) is 11.6 Å². The zero-order valence-corrected chi connectivity index (χ0v) is 10.5. The lowest BCUT2D eigenvalue weighted by molar-refractivity contribution is 0.628. The molecule has 0 aliphatic rings. The SMILES string of the molecule is Cc1ccc(CN)c(N(C)c2cccc(F)c2)n1. The molecule has 1 aromatic heterocycles. The van der Waals surface area contributed by atoms with Crippen LogP contribution in [0, 0.1) is 12.7 Å². The normalized spacial score (nSPS) is 10.4. The Labute approximate surface area is 106 Å². The van der Waals surface area contributed by atoms with Gasteiger partial charge in [0.25, 0.3) is 0 Å². The first-order chi connectivity index (χ1) is 8.61. The molecule has 0 aliphatic heterocycles. The zero-order chi connectivity index (χ0) is 13.1. The molecule has 0 fully saturated rings. The Bertz CT molecular complexity index is 554. The molecule has 2 rings (SSSR count). The van der Waals surface area contributed by atoms with E-state index in [9.17, 15) is 4.39 Å². The molecule has 0 atom stereocenters. The van der Waals surface area contributed by atoms with Gasteiger partial charge in [-0.3, -0.25) is 0 Å². The number of halogens is 1. The fourth-order valence-corrected chi connectivity index (χ4v) is 1.83. The highest BCUT2D eigenvalue weighted by molar-refractivity contribution is 5.62. The monoisotopic (exact) mass is 245 g/mol. The zero-order valence-electron chi connectivity index (χ0n) is 10.5. The van der Waals surface area contributed by atoms with Gasteiger partial charge in [0.15, 0.2) is 0 Å². The van der Waals surface area contributed by atoms with Gasteiger partial charge < -0.3 is 10.6 Å². The van der Waals surface area contributed by atoms with Crippen molar-refractivity contribution in [2.75, 3.05) is 11.9 Å². The van der Waals surface area contributed by atoms with E-state index in [-0.39, 0.29) is 5.82 Å². The van der Waals surface area contributed by atoms with Crippen molar-refractivity contribution >= 4 is 11.5 Å². The van der Waals surface area contributed by atoms with E-state index in [1.165, 1.54) is 12.1 Å². The van der Waals surface area contributed by atoms with Crippen molar-refractivity contribution in [2.24, 2.45) is 5.73 Å². The second-order valence-electron chi connectivity index (χ2n) is 4.18. The molecule has 0 saturated carbocycles. The number of aromatic nitrogens is 1. The predicted octanol–water partition coefficient (Wildman–Crippen LogP) is 2.76. The average molecular weight is 245 g/mol. The fourth-order valence-electron chi connectivity index (χ4n) is 1.83. The summed E-state index contributed by atoms with van der Waals surface area (Å²) >= 11 is 0. The maximum atomic E-state index is 13.2. The molecule has 1 aromatic carbocycles. The number of hydrogen-bond donors (Lipinski definition) is 1. The number of aryl methyl sites for hydroxylation is 1. The molecule has 0 aliphatic carbocycles. The lowest BCUT2D eigenvalue weighted by atomic mass is 10.2. The van der Waals surface area contributed by atoms with E-state index in [1.54, 1.807) is 6.07 Å². The molecule has 94 valence electrons. The first-order valence-electron chi connectivity index (χ1n) is 5.77. The predicted molar refractivity (Wildman–Crippen MR) is 71.3 cm³/mol. The van der Waals surface area contributed by atoms with Gasteiger partial charge in [-0.05, 0) is 31.2 Å². The minimum atomic E-state index is -0.263. The molecule has 2 N–H and O–H groups in total. The quantitative estimate of drug-likeness (QED) is 0.904. The first kappa shape index (κ1) is 12.5. The van der Waals surface area contributed by atoms with Crippen LogP contribution in [0.15, 0.2) is 36.4 Å². The van der Waals surface area contributed by atoms with Gasteiger partial charge in [0.05, 0.1) is 0 Å². The molecule has 4 heteroatoms. The van der Waals surface area contributed by atoms with Crippen LogP contribution in [-0.4, -0.2) is 12.0 Å². The number of rotatable bonds is 3. The molecule has 3 nitrogen and oxygen atoms in total. The van der Waals surface area contributed by atoms with Gasteiger partial charge >= 0.3 is 0 Å². The van der Waals surface area contributed by atoms with Gasteiger partial charge in [-0.25, -0.2) is 9.37 Å². The second-order valence-corrected chi connectivity index (χ2v) is 4.18. The van der Waals surface area contributed by atoms with Crippen molar-refractivity contribution < 1.29 is 4.39 Å². The average Bonchev–Trinajstić information content (AvgIpc) is 2.38. The van der Waals surface area contributed by atoms with Crippen LogP contribution in [0.5, 0.6) is 0 Å². The topological polar surface area (TPSA) is 42.1 Å². The van der Waals surface area contributed by atoms with E-state index in [0.717, 1.165) is 22.8 Å². The number of hydrogen-bond acceptors (Lipinski definition) is 3. The largest absolute Gasteiger partial charge is 0.329 e. The molecule has 0 radical (unpaired) electrons. The van der Waals surface area contributed by atoms with Crippen molar-refractivity contribution in [3.8, 4) is 0 Å². The Morgan fingerprint density at radius 2 is 2.06 bits per heavy atom. The minimum Gasteiger partial charge on any atom is -0.329 e. The highest BCUT2D eigenvalue weighted by atomic mass is 19.1. The lowest BCUT2D eigenvalue weighted by Crippen LogP contribution is -2.15. The summed E-state index contributed by atoms with van der Waals surface area (Å²) in [5.74, 6) is 0.504. The van der Waals surface area contributed by atoms with Gasteiger partial charge in [0.2, 0.25) is 0 Å². The molecule has 2 aromatic rings. The summed E-state index contributed by atoms with van der Waals surface area (Å²) in [5, 5.41) is 0. The molecule has 0 spiro atoms. The molecule has 0 saturated heterocycles. The summed E-state index contributed by atoms with van der Waals surface area (Å²) in [5.41, 5.74) is 8.30. The third-order valence-corrected chi connectivity index (χ3v) is 2.83. The number of nitrogens with two attached hydrogens (primary N) is 1. The van der Waals surface area contributed by atoms with Crippen LogP contribution in [0.3, 0.4) is 0 Å². The third kappa shape index (κ3) is 2.49. The van der Waals surface area contributed by atoms with Crippen LogP contribution < -0.4 is 10.6 Å². The Hall–Kier alpha value is -1.94. The van der Waals surface area contributed by atoms with E-state index >= 15 is 0 Å². The lowest BCUT2D eigenvalue weighted by Gasteiger charge is -2.21. The summed E-state index contributed by atoms with van der Waals surface area (Å²) in [4.78, 5) is 6.32. The summed E-state index contributed by atoms with van der Waals surface area (Å²) < 4.78 is 13.2. The van der Waals surface area contributed by atoms with Crippen molar-refractivity contribution in [3.05, 3.63) is 53.5 Å². The summed E-state index contributed by atoms with van der Waals surface area (Å²) in [6.07, 6.45) is 0. The van der Waals surface area contributed by atoms with Crippen LogP contribution >= 0.6 is 0 Å². The van der Waals surface area contributed by atoms with Crippen LogP contribution in [-0.2, 0) is 6.54 Å². The van der Waals surface area contributed by atoms with Crippen molar-refractivity contribution in [3.63, 3.8) is 0 Å². The van der Waals surface area contributed by atoms with Gasteiger partial charge in [-0.1, -0.05) is 12.1 Å². The summed E-state index contributed by atoms with van der Waals surface area (Å²) in [6, 6.07) is 10.3. The van der Waals surface area contributed by atoms with E-state index < -0.39 is 0 Å². The number of benzene rings is 1. The van der Waals surface area contributed by atoms with E-state index in [1.807, 2.05) is 37.1 Å². The highest BCUT2D eigenvalue weighted by Crippen LogP contribution is 2.25. The van der Waals surface area contributed by atoms with Gasteiger partial charge in [-0.2, -0.15) is 0 Å². The molecule has 1 heterocycles. The molecular formula is C14H16FN3. The summed E-state index contributed by atoms with van der Waals surface area (Å²) in [6.45, 7) is 2.32. The van der Waals surface area contributed by atoms with E-state index in [0.29, 0.717) is 6.54 Å². The van der Waals surface area contributed by atoms with Crippen LogP contribution in [0.1, 0.15) is 11.3 Å². The van der Waals surface area contributed by atoms with E-state index in [4.69, 9.17) is 5.73 Å². The standard InChI is InChI=1S/C14H16FN3/c1-10-6-7-11(9-16)14(17-10)18(2)13-5-3-4-12(15)8-13/h3-8H,9,16H2,1-2H3. The third-order valence-electron chi connectivity index (χ3n) is 2.83. The minimum absolute atomic E-state index is 0.263. The molecule has 0 bridgehead atoms. The smallest absolute Gasteiger partial charge is 0.137 e. The maximum Gasteiger partial charge on any atom is 0.137 e. The Kier molecular flexibility index (Phi) is 3.58. The Morgan fingerprint density at radius 3 is 2.72 bits per heavy atom. The van der Waals surface area contributed by atoms with Crippen molar-refractivity contribution in [1.82, 2.24) is 4.98 Å². The van der Waals surface area contributed by atoms with Crippen molar-refractivity contribution in [2.45, 2.75) is 13.5 Å². The van der Waals surface area contributed by atoms with Crippen molar-refractivity contribution in [1.29, 1.82) is 0 Å². The van der Waals surface area contributed by atoms with E-state index in [2.05, 4.69) is 4.98 Å². The van der Waals surface area contributed by atoms with Gasteiger partial charge in [-0.15, -0.1) is 0 Å². The Morgan fingerprint density at radius 1 is 1.28 bits per heavy atom. The summed E-state index contributed by atoms with van der Waals surface area (Å²) in [7, 11) is 1.86. The maximum absolute atomic E-state index is 13.2. The van der Waals surface area contributed by atoms with Crippen LogP contribution in [0.4, 0.5) is 15.9 Å². The first-order valence-corrected chi connectivity index (χ1v) is 5.77. The number of nitrogens with zero attached hydrogens (tertiary/aromatic N) is 2. The number of pyridine rings is 1. The molecule has 0 amide bonds. The molecule has 0 unspecified atom stereocenters. The van der Waals surface area contributed by atoms with Crippen LogP contribution in [0.2, 0.25) is 0 Å². The Balaban J connectivity index is 2.44. The van der Waals surface area contributed by atoms with Gasteiger partial charge in [0, 0.05) is 30.5 Å².